The molecule has 1 aliphatic rings. The number of anilines is 1. The van der Waals surface area contributed by atoms with Crippen molar-refractivity contribution in [1.29, 1.82) is 0 Å². The van der Waals surface area contributed by atoms with Crippen LogP contribution in [0.1, 0.15) is 44.6 Å². The highest BCUT2D eigenvalue weighted by atomic mass is 35.5. The van der Waals surface area contributed by atoms with Gasteiger partial charge in [-0.15, -0.1) is 0 Å². The zero-order valence-electron chi connectivity index (χ0n) is 22.9. The Kier molecular flexibility index (Phi) is 11.1. The van der Waals surface area contributed by atoms with Gasteiger partial charge in [0.15, 0.2) is 0 Å². The Morgan fingerprint density at radius 2 is 1.52 bits per heavy atom. The number of hydrogen-bond acceptors (Lipinski definition) is 4. The van der Waals surface area contributed by atoms with Crippen LogP contribution in [0, 0.1) is 0 Å². The van der Waals surface area contributed by atoms with E-state index >= 15 is 0 Å². The van der Waals surface area contributed by atoms with Gasteiger partial charge in [-0.1, -0.05) is 89.9 Å². The summed E-state index contributed by atoms with van der Waals surface area (Å²) in [5, 5.41) is 4.20. The first-order valence-electron chi connectivity index (χ1n) is 13.5. The maximum absolute atomic E-state index is 14.1. The Labute approximate surface area is 266 Å². The van der Waals surface area contributed by atoms with E-state index in [-0.39, 0.29) is 39.1 Å². The number of sulfonamides is 1. The Bertz CT molecular complexity index is 1510. The number of nitrogens with zero attached hydrogens (tertiary/aromatic N) is 2. The van der Waals surface area contributed by atoms with Gasteiger partial charge in [0.25, 0.3) is 10.0 Å². The lowest BCUT2D eigenvalue weighted by Gasteiger charge is -2.33. The quantitative estimate of drug-likeness (QED) is 0.244. The second-order valence-corrected chi connectivity index (χ2v) is 13.8. The van der Waals surface area contributed by atoms with E-state index in [9.17, 15) is 18.0 Å². The zero-order chi connectivity index (χ0) is 30.4. The third kappa shape index (κ3) is 8.11. The van der Waals surface area contributed by atoms with Crippen LogP contribution in [0.2, 0.25) is 20.1 Å². The van der Waals surface area contributed by atoms with Crippen LogP contribution < -0.4 is 9.62 Å². The summed E-state index contributed by atoms with van der Waals surface area (Å²) < 4.78 is 28.7. The predicted molar refractivity (Wildman–Crippen MR) is 169 cm³/mol. The number of benzene rings is 3. The molecule has 0 spiro atoms. The molecule has 1 fully saturated rings. The van der Waals surface area contributed by atoms with Crippen molar-refractivity contribution in [2.24, 2.45) is 0 Å². The third-order valence-corrected chi connectivity index (χ3v) is 10.0. The van der Waals surface area contributed by atoms with Crippen LogP contribution in [0.25, 0.3) is 0 Å². The van der Waals surface area contributed by atoms with Crippen molar-refractivity contribution in [3.05, 3.63) is 92.4 Å². The zero-order valence-corrected chi connectivity index (χ0v) is 26.7. The van der Waals surface area contributed by atoms with Crippen LogP contribution in [-0.2, 0) is 26.2 Å². The monoisotopic (exact) mass is 669 g/mol. The van der Waals surface area contributed by atoms with Gasteiger partial charge in [0, 0.05) is 32.7 Å². The summed E-state index contributed by atoms with van der Waals surface area (Å²) in [4.78, 5) is 28.8. The Balaban J connectivity index is 1.71. The molecular formula is C30H31Cl4N3O4S. The molecule has 3 aromatic rings. The van der Waals surface area contributed by atoms with Gasteiger partial charge >= 0.3 is 0 Å². The van der Waals surface area contributed by atoms with Crippen LogP contribution in [-0.4, -0.2) is 43.8 Å². The molecule has 3 aromatic carbocycles. The molecule has 42 heavy (non-hydrogen) atoms. The summed E-state index contributed by atoms with van der Waals surface area (Å²) in [6.07, 6.45) is 4.91. The summed E-state index contributed by atoms with van der Waals surface area (Å²) >= 11 is 25.0. The third-order valence-electron chi connectivity index (χ3n) is 7.22. The first-order chi connectivity index (χ1) is 20.0. The molecule has 1 aliphatic carbocycles. The molecule has 0 aliphatic heterocycles. The molecule has 0 aromatic heterocycles. The summed E-state index contributed by atoms with van der Waals surface area (Å²) in [6.45, 7) is 0.940. The highest BCUT2D eigenvalue weighted by Crippen LogP contribution is 2.31. The molecule has 224 valence electrons. The average Bonchev–Trinajstić information content (AvgIpc) is 2.95. The van der Waals surface area contributed by atoms with Crippen molar-refractivity contribution in [3.63, 3.8) is 0 Å². The molecule has 12 heteroatoms. The summed E-state index contributed by atoms with van der Waals surface area (Å²) in [5.41, 5.74) is 0.656. The van der Waals surface area contributed by atoms with Crippen LogP contribution in [0.3, 0.4) is 0 Å². The molecule has 0 heterocycles. The topological polar surface area (TPSA) is 86.8 Å². The number of amides is 2. The van der Waals surface area contributed by atoms with Gasteiger partial charge in [-0.3, -0.25) is 13.9 Å². The Morgan fingerprint density at radius 1 is 0.881 bits per heavy atom. The fraction of sp³-hybridized carbons (Fsp3) is 0.333. The van der Waals surface area contributed by atoms with Crippen molar-refractivity contribution < 1.29 is 18.0 Å². The molecule has 0 bridgehead atoms. The van der Waals surface area contributed by atoms with E-state index in [1.165, 1.54) is 35.2 Å². The lowest BCUT2D eigenvalue weighted by Crippen LogP contribution is -2.53. The molecule has 7 nitrogen and oxygen atoms in total. The molecule has 1 saturated carbocycles. The minimum Gasteiger partial charge on any atom is -0.352 e. The minimum absolute atomic E-state index is 0.0216. The van der Waals surface area contributed by atoms with Gasteiger partial charge < -0.3 is 10.2 Å². The lowest BCUT2D eigenvalue weighted by atomic mass is 9.95. The van der Waals surface area contributed by atoms with Crippen molar-refractivity contribution in [1.82, 2.24) is 10.2 Å². The molecule has 2 amide bonds. The van der Waals surface area contributed by atoms with Crippen LogP contribution in [0.15, 0.2) is 71.6 Å². The second kappa shape index (κ2) is 14.3. The van der Waals surface area contributed by atoms with Gasteiger partial charge in [-0.25, -0.2) is 8.42 Å². The molecule has 1 atom stereocenters. The highest BCUT2D eigenvalue weighted by molar-refractivity contribution is 7.92. The molecule has 0 saturated heterocycles. The van der Waals surface area contributed by atoms with Crippen molar-refractivity contribution in [3.8, 4) is 0 Å². The number of carbonyl (C=O) groups excluding carboxylic acids is 2. The normalized spacial score (nSPS) is 14.7. The van der Waals surface area contributed by atoms with Crippen LogP contribution in [0.4, 0.5) is 5.69 Å². The van der Waals surface area contributed by atoms with Crippen molar-refractivity contribution in [2.75, 3.05) is 10.8 Å². The summed E-state index contributed by atoms with van der Waals surface area (Å²) in [7, 11) is -4.25. The number of carbonyl (C=O) groups is 2. The largest absolute Gasteiger partial charge is 0.352 e. The number of halogens is 4. The average molecular weight is 671 g/mol. The smallest absolute Gasteiger partial charge is 0.264 e. The lowest BCUT2D eigenvalue weighted by molar-refractivity contribution is -0.139. The molecule has 1 unspecified atom stereocenters. The maximum atomic E-state index is 14.1. The van der Waals surface area contributed by atoms with E-state index in [2.05, 4.69) is 5.32 Å². The summed E-state index contributed by atoms with van der Waals surface area (Å²) in [5.74, 6) is -0.952. The van der Waals surface area contributed by atoms with Crippen LogP contribution >= 0.6 is 46.4 Å². The van der Waals surface area contributed by atoms with E-state index < -0.39 is 28.5 Å². The van der Waals surface area contributed by atoms with Crippen LogP contribution in [0.5, 0.6) is 0 Å². The first kappa shape index (κ1) is 32.4. The van der Waals surface area contributed by atoms with E-state index in [4.69, 9.17) is 46.4 Å². The highest BCUT2D eigenvalue weighted by Gasteiger charge is 2.33. The van der Waals surface area contributed by atoms with Gasteiger partial charge in [0.05, 0.1) is 10.6 Å². The summed E-state index contributed by atoms with van der Waals surface area (Å²) in [6, 6.07) is 16.0. The fourth-order valence-electron chi connectivity index (χ4n) is 4.92. The first-order valence-corrected chi connectivity index (χ1v) is 16.5. The number of hydrogen-bond donors (Lipinski definition) is 1. The maximum Gasteiger partial charge on any atom is 0.264 e. The molecule has 1 N–H and O–H groups in total. The molecule has 4 rings (SSSR count). The van der Waals surface area contributed by atoms with E-state index in [0.29, 0.717) is 15.6 Å². The van der Waals surface area contributed by atoms with Gasteiger partial charge in [-0.05, 0) is 67.8 Å². The SMILES string of the molecule is CC(C(=O)NC1CCCCC1)N(Cc1ccc(Cl)cc1Cl)C(=O)CN(c1cc(Cl)cc(Cl)c1)S(=O)(=O)c1ccccc1. The fourth-order valence-corrected chi connectivity index (χ4v) is 7.32. The Hall–Kier alpha value is -2.49. The van der Waals surface area contributed by atoms with Gasteiger partial charge in [-0.2, -0.15) is 0 Å². The minimum atomic E-state index is -4.25. The van der Waals surface area contributed by atoms with E-state index in [1.807, 2.05) is 0 Å². The Morgan fingerprint density at radius 3 is 2.14 bits per heavy atom. The van der Waals surface area contributed by atoms with Crippen molar-refractivity contribution in [2.45, 2.75) is 62.6 Å². The van der Waals surface area contributed by atoms with Gasteiger partial charge in [0.2, 0.25) is 11.8 Å². The van der Waals surface area contributed by atoms with E-state index in [0.717, 1.165) is 36.4 Å². The van der Waals surface area contributed by atoms with Crippen molar-refractivity contribution >= 4 is 73.9 Å². The number of rotatable bonds is 10. The molecule has 0 radical (unpaired) electrons. The second-order valence-electron chi connectivity index (χ2n) is 10.2. The standard InChI is InChI=1S/C30H31Cl4N3O4S/c1-20(30(39)35-25-8-4-2-5-9-25)36(18-21-12-13-22(31)17-28(21)34)29(38)19-37(26-15-23(32)14-24(33)16-26)42(40,41)27-10-6-3-7-11-27/h3,6-7,10-17,20,25H,2,4-5,8-9,18-19H2,1H3,(H,35,39). The number of nitrogens with one attached hydrogen (secondary N) is 1. The predicted octanol–water partition coefficient (Wildman–Crippen LogP) is 7.36. The van der Waals surface area contributed by atoms with Gasteiger partial charge in [0.1, 0.15) is 12.6 Å². The molecular weight excluding hydrogens is 640 g/mol. The van der Waals surface area contributed by atoms with E-state index in [1.54, 1.807) is 43.3 Å².